The van der Waals surface area contributed by atoms with Crippen LogP contribution in [-0.2, 0) is 20.5 Å². The Hall–Kier alpha value is -3.49. The van der Waals surface area contributed by atoms with Gasteiger partial charge in [0.15, 0.2) is 18.1 Å². The van der Waals surface area contributed by atoms with Gasteiger partial charge in [-0.25, -0.2) is 4.79 Å². The largest absolute Gasteiger partial charge is 0.486 e. The number of hydrogen-bond donors (Lipinski definition) is 1. The predicted molar refractivity (Wildman–Crippen MR) is 97.5 cm³/mol. The van der Waals surface area contributed by atoms with Crippen LogP contribution in [0, 0.1) is 0 Å². The maximum Gasteiger partial charge on any atom is 0.418 e. The van der Waals surface area contributed by atoms with E-state index in [9.17, 15) is 22.8 Å². The molecule has 0 bridgehead atoms. The lowest BCUT2D eigenvalue weighted by Gasteiger charge is -2.18. The third-order valence-electron chi connectivity index (χ3n) is 3.83. The molecule has 2 aromatic rings. The number of alkyl halides is 3. The Balaban J connectivity index is 1.53. The highest BCUT2D eigenvalue weighted by atomic mass is 19.4. The molecule has 0 fully saturated rings. The Kier molecular flexibility index (Phi) is 6.06. The van der Waals surface area contributed by atoms with Crippen LogP contribution in [0.1, 0.15) is 11.1 Å². The van der Waals surface area contributed by atoms with Gasteiger partial charge in [-0.3, -0.25) is 4.79 Å². The van der Waals surface area contributed by atoms with E-state index in [1.165, 1.54) is 18.2 Å². The van der Waals surface area contributed by atoms with Gasteiger partial charge in [0.1, 0.15) is 13.2 Å². The maximum atomic E-state index is 12.9. The Morgan fingerprint density at radius 1 is 1.07 bits per heavy atom. The van der Waals surface area contributed by atoms with Crippen LogP contribution in [0.5, 0.6) is 11.5 Å². The fourth-order valence-corrected chi connectivity index (χ4v) is 2.54. The van der Waals surface area contributed by atoms with Gasteiger partial charge in [0.05, 0.1) is 11.3 Å². The van der Waals surface area contributed by atoms with Gasteiger partial charge in [0, 0.05) is 6.08 Å². The van der Waals surface area contributed by atoms with Gasteiger partial charge in [-0.05, 0) is 35.9 Å². The van der Waals surface area contributed by atoms with E-state index in [1.807, 2.05) is 0 Å². The minimum absolute atomic E-state index is 0.409. The van der Waals surface area contributed by atoms with Crippen molar-refractivity contribution in [2.24, 2.45) is 0 Å². The molecule has 6 nitrogen and oxygen atoms in total. The van der Waals surface area contributed by atoms with Gasteiger partial charge >= 0.3 is 12.1 Å². The number of esters is 1. The molecule has 0 aromatic heterocycles. The number of anilines is 1. The number of benzene rings is 2. The summed E-state index contributed by atoms with van der Waals surface area (Å²) in [5.41, 5.74) is -0.749. The second kappa shape index (κ2) is 8.68. The molecular weight excluding hydrogens is 391 g/mol. The van der Waals surface area contributed by atoms with Crippen LogP contribution in [-0.4, -0.2) is 31.7 Å². The van der Waals surface area contributed by atoms with Crippen molar-refractivity contribution in [2.45, 2.75) is 6.18 Å². The lowest BCUT2D eigenvalue weighted by molar-refractivity contribution is -0.142. The average Bonchev–Trinajstić information content (AvgIpc) is 2.70. The molecule has 1 aliphatic heterocycles. The minimum atomic E-state index is -4.62. The Labute approximate surface area is 163 Å². The van der Waals surface area contributed by atoms with Gasteiger partial charge in [0.25, 0.3) is 5.91 Å². The summed E-state index contributed by atoms with van der Waals surface area (Å²) in [5, 5.41) is 2.09. The summed E-state index contributed by atoms with van der Waals surface area (Å²) < 4.78 is 54.3. The SMILES string of the molecule is O=C(COC(=O)/C=C/c1ccc2c(c1)OCCO2)Nc1ccccc1C(F)(F)F. The van der Waals surface area contributed by atoms with Crippen molar-refractivity contribution in [1.82, 2.24) is 0 Å². The third kappa shape index (κ3) is 5.50. The van der Waals surface area contributed by atoms with Crippen LogP contribution in [0.25, 0.3) is 6.08 Å². The van der Waals surface area contributed by atoms with Gasteiger partial charge in [0.2, 0.25) is 0 Å². The monoisotopic (exact) mass is 407 g/mol. The van der Waals surface area contributed by atoms with Crippen molar-refractivity contribution in [3.05, 3.63) is 59.7 Å². The summed E-state index contributed by atoms with van der Waals surface area (Å²) in [7, 11) is 0. The van der Waals surface area contributed by atoms with Crippen LogP contribution in [0.2, 0.25) is 0 Å². The van der Waals surface area contributed by atoms with Gasteiger partial charge in [-0.15, -0.1) is 0 Å². The summed E-state index contributed by atoms with van der Waals surface area (Å²) in [6, 6.07) is 9.61. The van der Waals surface area contributed by atoms with E-state index in [2.05, 4.69) is 5.32 Å². The molecule has 1 amide bonds. The number of ether oxygens (including phenoxy) is 3. The molecule has 152 valence electrons. The molecular formula is C20H16F3NO5. The van der Waals surface area contributed by atoms with E-state index < -0.39 is 35.9 Å². The summed E-state index contributed by atoms with van der Waals surface area (Å²) in [6.45, 7) is 0.162. The molecule has 29 heavy (non-hydrogen) atoms. The van der Waals surface area contributed by atoms with Gasteiger partial charge < -0.3 is 19.5 Å². The molecule has 1 heterocycles. The number of carbonyl (C=O) groups excluding carboxylic acids is 2. The first-order valence-electron chi connectivity index (χ1n) is 8.53. The number of fused-ring (bicyclic) bond motifs is 1. The number of para-hydroxylation sites is 1. The highest BCUT2D eigenvalue weighted by Gasteiger charge is 2.33. The lowest BCUT2D eigenvalue weighted by atomic mass is 10.1. The highest BCUT2D eigenvalue weighted by molar-refractivity contribution is 5.95. The molecule has 0 aliphatic carbocycles. The molecule has 0 unspecified atom stereocenters. The number of carbonyl (C=O) groups is 2. The zero-order chi connectivity index (χ0) is 20.9. The van der Waals surface area contributed by atoms with E-state index in [0.717, 1.165) is 18.2 Å². The maximum absolute atomic E-state index is 12.9. The average molecular weight is 407 g/mol. The molecule has 0 saturated carbocycles. The molecule has 9 heteroatoms. The fourth-order valence-electron chi connectivity index (χ4n) is 2.54. The van der Waals surface area contributed by atoms with Crippen LogP contribution < -0.4 is 14.8 Å². The van der Waals surface area contributed by atoms with Crippen LogP contribution in [0.4, 0.5) is 18.9 Å². The zero-order valence-corrected chi connectivity index (χ0v) is 15.0. The first kappa shape index (κ1) is 20.2. The van der Waals surface area contributed by atoms with E-state index in [4.69, 9.17) is 14.2 Å². The van der Waals surface area contributed by atoms with E-state index in [0.29, 0.717) is 30.3 Å². The molecule has 3 rings (SSSR count). The van der Waals surface area contributed by atoms with E-state index in [1.54, 1.807) is 18.2 Å². The fraction of sp³-hybridized carbons (Fsp3) is 0.200. The Morgan fingerprint density at radius 2 is 1.79 bits per heavy atom. The number of hydrogen-bond acceptors (Lipinski definition) is 5. The smallest absolute Gasteiger partial charge is 0.418 e. The molecule has 0 saturated heterocycles. The first-order chi connectivity index (χ1) is 13.8. The quantitative estimate of drug-likeness (QED) is 0.605. The number of halogens is 3. The molecule has 0 spiro atoms. The van der Waals surface area contributed by atoms with Gasteiger partial charge in [-0.1, -0.05) is 18.2 Å². The Morgan fingerprint density at radius 3 is 2.55 bits per heavy atom. The molecule has 2 aromatic carbocycles. The predicted octanol–water partition coefficient (Wildman–Crippen LogP) is 3.67. The van der Waals surface area contributed by atoms with E-state index in [-0.39, 0.29) is 0 Å². The molecule has 1 aliphatic rings. The van der Waals surface area contributed by atoms with E-state index >= 15 is 0 Å². The zero-order valence-electron chi connectivity index (χ0n) is 15.0. The first-order valence-corrected chi connectivity index (χ1v) is 8.53. The van der Waals surface area contributed by atoms with Crippen molar-refractivity contribution >= 4 is 23.6 Å². The standard InChI is InChI=1S/C20H16F3NO5/c21-20(22,23)14-3-1-2-4-15(14)24-18(25)12-29-19(26)8-6-13-5-7-16-17(11-13)28-10-9-27-16/h1-8,11H,9-10,12H2,(H,24,25)/b8-6+. The number of rotatable bonds is 5. The number of amides is 1. The molecule has 0 atom stereocenters. The van der Waals surface area contributed by atoms with Crippen molar-refractivity contribution < 1.29 is 37.0 Å². The summed E-state index contributed by atoms with van der Waals surface area (Å²) in [4.78, 5) is 23.6. The summed E-state index contributed by atoms with van der Waals surface area (Å²) in [5.74, 6) is -0.553. The minimum Gasteiger partial charge on any atom is -0.486 e. The summed E-state index contributed by atoms with van der Waals surface area (Å²) >= 11 is 0. The molecule has 1 N–H and O–H groups in total. The van der Waals surface area contributed by atoms with Crippen LogP contribution in [0.3, 0.4) is 0 Å². The molecule has 0 radical (unpaired) electrons. The number of nitrogens with one attached hydrogen (secondary N) is 1. The Bertz CT molecular complexity index is 940. The van der Waals surface area contributed by atoms with Gasteiger partial charge in [-0.2, -0.15) is 13.2 Å². The van der Waals surface area contributed by atoms with Crippen molar-refractivity contribution in [2.75, 3.05) is 25.1 Å². The second-order valence-corrected chi connectivity index (χ2v) is 5.94. The lowest BCUT2D eigenvalue weighted by Crippen LogP contribution is -2.22. The summed E-state index contributed by atoms with van der Waals surface area (Å²) in [6.07, 6.45) is -2.06. The van der Waals surface area contributed by atoms with Crippen molar-refractivity contribution in [3.8, 4) is 11.5 Å². The van der Waals surface area contributed by atoms with Crippen LogP contribution >= 0.6 is 0 Å². The third-order valence-corrected chi connectivity index (χ3v) is 3.83. The van der Waals surface area contributed by atoms with Crippen molar-refractivity contribution in [3.63, 3.8) is 0 Å². The topological polar surface area (TPSA) is 73.9 Å². The highest BCUT2D eigenvalue weighted by Crippen LogP contribution is 2.34. The van der Waals surface area contributed by atoms with Crippen LogP contribution in [0.15, 0.2) is 48.5 Å². The van der Waals surface area contributed by atoms with Crippen molar-refractivity contribution in [1.29, 1.82) is 0 Å². The normalized spacial score (nSPS) is 13.2. The second-order valence-electron chi connectivity index (χ2n) is 5.94.